The highest BCUT2D eigenvalue weighted by Crippen LogP contribution is 2.23. The summed E-state index contributed by atoms with van der Waals surface area (Å²) in [6.07, 6.45) is 4.68. The number of nitrogens with zero attached hydrogens (tertiary/aromatic N) is 2. The van der Waals surface area contributed by atoms with Gasteiger partial charge in [0.1, 0.15) is 0 Å². The van der Waals surface area contributed by atoms with Crippen LogP contribution in [0.2, 0.25) is 0 Å². The van der Waals surface area contributed by atoms with Gasteiger partial charge in [0.05, 0.1) is 6.42 Å². The number of nitrogens with one attached hydrogen (secondary N) is 1. The largest absolute Gasteiger partial charge is 0.351 e. The topological polar surface area (TPSA) is 52.7 Å². The van der Waals surface area contributed by atoms with E-state index in [1.165, 1.54) is 18.4 Å². The Morgan fingerprint density at radius 3 is 2.26 bits per heavy atom. The minimum Gasteiger partial charge on any atom is -0.351 e. The summed E-state index contributed by atoms with van der Waals surface area (Å²) in [5.74, 6) is 0.0732. The summed E-state index contributed by atoms with van der Waals surface area (Å²) in [5, 5.41) is 3.08. The van der Waals surface area contributed by atoms with E-state index in [1.807, 2.05) is 65.6 Å². The third-order valence-electron chi connectivity index (χ3n) is 8.00. The normalized spacial score (nSPS) is 13.1. The van der Waals surface area contributed by atoms with Gasteiger partial charge in [-0.3, -0.25) is 9.59 Å². The van der Waals surface area contributed by atoms with E-state index in [0.29, 0.717) is 31.6 Å². The molecule has 0 unspecified atom stereocenters. The molecule has 5 rings (SSSR count). The molecule has 222 valence electrons. The molecule has 1 N–H and O–H groups in total. The van der Waals surface area contributed by atoms with Gasteiger partial charge in [-0.15, -0.1) is 0 Å². The lowest BCUT2D eigenvalue weighted by atomic mass is 10.0. The summed E-state index contributed by atoms with van der Waals surface area (Å²) in [4.78, 5) is 30.8. The zero-order chi connectivity index (χ0) is 29.9. The van der Waals surface area contributed by atoms with Gasteiger partial charge in [-0.05, 0) is 96.9 Å². The Labute approximate surface area is 264 Å². The first kappa shape index (κ1) is 30.7. The van der Waals surface area contributed by atoms with Crippen LogP contribution in [-0.4, -0.2) is 54.3 Å². The van der Waals surface area contributed by atoms with Crippen molar-refractivity contribution >= 4 is 27.7 Å². The minimum absolute atomic E-state index is 0.0417. The molecule has 2 amide bonds. The van der Waals surface area contributed by atoms with Crippen LogP contribution in [0, 0.1) is 0 Å². The number of aryl methyl sites for hydroxylation is 1. The van der Waals surface area contributed by atoms with E-state index in [0.717, 1.165) is 59.2 Å². The lowest BCUT2D eigenvalue weighted by Crippen LogP contribution is -2.33. The van der Waals surface area contributed by atoms with Gasteiger partial charge in [0.2, 0.25) is 5.91 Å². The molecule has 43 heavy (non-hydrogen) atoms. The van der Waals surface area contributed by atoms with E-state index >= 15 is 0 Å². The fourth-order valence-electron chi connectivity index (χ4n) is 5.69. The summed E-state index contributed by atoms with van der Waals surface area (Å²) in [6.45, 7) is 5.02. The lowest BCUT2D eigenvalue weighted by molar-refractivity contribution is -0.131. The van der Waals surface area contributed by atoms with Crippen molar-refractivity contribution < 1.29 is 9.59 Å². The molecule has 1 heterocycles. The average molecular weight is 639 g/mol. The monoisotopic (exact) mass is 637 g/mol. The maximum absolute atomic E-state index is 13.6. The zero-order valence-corrected chi connectivity index (χ0v) is 26.3. The summed E-state index contributed by atoms with van der Waals surface area (Å²) in [5.41, 5.74) is 6.04. The second kappa shape index (κ2) is 15.6. The van der Waals surface area contributed by atoms with Crippen molar-refractivity contribution in [2.45, 2.75) is 38.6 Å². The van der Waals surface area contributed by atoms with Crippen molar-refractivity contribution in [3.8, 4) is 11.1 Å². The molecule has 6 heteroatoms. The number of likely N-dealkylation sites (tertiary alicyclic amines) is 1. The van der Waals surface area contributed by atoms with Crippen LogP contribution in [0.1, 0.15) is 46.3 Å². The number of halogens is 1. The first-order valence-corrected chi connectivity index (χ1v) is 16.1. The smallest absolute Gasteiger partial charge is 0.251 e. The van der Waals surface area contributed by atoms with E-state index in [4.69, 9.17) is 0 Å². The molecule has 5 nitrogen and oxygen atoms in total. The number of carbonyl (C=O) groups is 2. The molecule has 0 bridgehead atoms. The first-order valence-electron chi connectivity index (χ1n) is 15.3. The highest BCUT2D eigenvalue weighted by Gasteiger charge is 2.16. The van der Waals surface area contributed by atoms with E-state index in [1.54, 1.807) is 0 Å². The Morgan fingerprint density at radius 2 is 1.47 bits per heavy atom. The SMILES string of the molecule is O=C(NCCN1CCCC1)c1cccc(-c2cccc(CN(CCCc3ccccc3)C(=O)Cc3cccc(Br)c3)c2)c1. The molecule has 0 atom stereocenters. The molecular formula is C37H40BrN3O2. The Hall–Kier alpha value is -3.74. The number of benzene rings is 4. The van der Waals surface area contributed by atoms with Crippen LogP contribution >= 0.6 is 15.9 Å². The van der Waals surface area contributed by atoms with Crippen molar-refractivity contribution in [2.24, 2.45) is 0 Å². The second-order valence-corrected chi connectivity index (χ2v) is 12.2. The van der Waals surface area contributed by atoms with Gasteiger partial charge >= 0.3 is 0 Å². The van der Waals surface area contributed by atoms with Gasteiger partial charge in [-0.25, -0.2) is 0 Å². The number of hydrogen-bond acceptors (Lipinski definition) is 3. The molecule has 1 aliphatic heterocycles. The summed E-state index contributed by atoms with van der Waals surface area (Å²) in [7, 11) is 0. The van der Waals surface area contributed by atoms with Crippen LogP contribution in [0.4, 0.5) is 0 Å². The summed E-state index contributed by atoms with van der Waals surface area (Å²) >= 11 is 3.53. The lowest BCUT2D eigenvalue weighted by Gasteiger charge is -2.24. The Bertz CT molecular complexity index is 1500. The van der Waals surface area contributed by atoms with Gasteiger partial charge in [0.25, 0.3) is 5.91 Å². The molecule has 1 aliphatic rings. The molecule has 0 aromatic heterocycles. The Morgan fingerprint density at radius 1 is 0.767 bits per heavy atom. The predicted molar refractivity (Wildman–Crippen MR) is 178 cm³/mol. The predicted octanol–water partition coefficient (Wildman–Crippen LogP) is 7.15. The van der Waals surface area contributed by atoms with Gasteiger partial charge in [-0.1, -0.05) is 88.7 Å². The number of amides is 2. The first-order chi connectivity index (χ1) is 21.0. The fraction of sp³-hybridized carbons (Fsp3) is 0.297. The van der Waals surface area contributed by atoms with Crippen molar-refractivity contribution in [1.29, 1.82) is 0 Å². The highest BCUT2D eigenvalue weighted by atomic mass is 79.9. The van der Waals surface area contributed by atoms with E-state index in [2.05, 4.69) is 68.6 Å². The number of carbonyl (C=O) groups excluding carboxylic acids is 2. The third-order valence-corrected chi connectivity index (χ3v) is 8.50. The van der Waals surface area contributed by atoms with Crippen LogP contribution < -0.4 is 5.32 Å². The highest BCUT2D eigenvalue weighted by molar-refractivity contribution is 9.10. The molecule has 1 fully saturated rings. The number of hydrogen-bond donors (Lipinski definition) is 1. The van der Waals surface area contributed by atoms with E-state index < -0.39 is 0 Å². The molecular weight excluding hydrogens is 598 g/mol. The third kappa shape index (κ3) is 9.37. The van der Waals surface area contributed by atoms with Crippen molar-refractivity contribution in [2.75, 3.05) is 32.7 Å². The second-order valence-electron chi connectivity index (χ2n) is 11.3. The zero-order valence-electron chi connectivity index (χ0n) is 24.7. The molecule has 0 spiro atoms. The summed E-state index contributed by atoms with van der Waals surface area (Å²) in [6, 6.07) is 34.5. The Balaban J connectivity index is 1.26. The van der Waals surface area contributed by atoms with Crippen LogP contribution in [0.25, 0.3) is 11.1 Å². The fourth-order valence-corrected chi connectivity index (χ4v) is 6.14. The standard InChI is InChI=1S/C37H40BrN3O2/c38-35-18-7-12-30(25-35)26-36(42)41(22-9-14-29-10-2-1-3-11-29)28-31-13-6-15-32(24-31)33-16-8-17-34(27-33)37(43)39-19-23-40-20-4-5-21-40/h1-3,6-8,10-13,15-18,24-25,27H,4-5,9,14,19-23,26,28H2,(H,39,43). The van der Waals surface area contributed by atoms with Crippen molar-refractivity contribution in [3.63, 3.8) is 0 Å². The summed E-state index contributed by atoms with van der Waals surface area (Å²) < 4.78 is 0.976. The van der Waals surface area contributed by atoms with Crippen LogP contribution in [-0.2, 0) is 24.2 Å². The molecule has 0 aliphatic carbocycles. The maximum atomic E-state index is 13.6. The van der Waals surface area contributed by atoms with E-state index in [9.17, 15) is 9.59 Å². The molecule has 0 saturated carbocycles. The van der Waals surface area contributed by atoms with Crippen LogP contribution in [0.5, 0.6) is 0 Å². The van der Waals surface area contributed by atoms with Crippen molar-refractivity contribution in [1.82, 2.24) is 15.1 Å². The minimum atomic E-state index is -0.0417. The van der Waals surface area contributed by atoms with Crippen molar-refractivity contribution in [3.05, 3.63) is 130 Å². The Kier molecular flexibility index (Phi) is 11.2. The molecule has 1 saturated heterocycles. The van der Waals surface area contributed by atoms with Crippen LogP contribution in [0.3, 0.4) is 0 Å². The number of rotatable bonds is 13. The maximum Gasteiger partial charge on any atom is 0.251 e. The molecule has 4 aromatic rings. The molecule has 0 radical (unpaired) electrons. The van der Waals surface area contributed by atoms with Gasteiger partial charge in [0.15, 0.2) is 0 Å². The van der Waals surface area contributed by atoms with Crippen LogP contribution in [0.15, 0.2) is 108 Å². The van der Waals surface area contributed by atoms with E-state index in [-0.39, 0.29) is 11.8 Å². The van der Waals surface area contributed by atoms with Gasteiger partial charge < -0.3 is 15.1 Å². The average Bonchev–Trinajstić information content (AvgIpc) is 3.55. The van der Waals surface area contributed by atoms with Gasteiger partial charge in [0, 0.05) is 36.2 Å². The molecule has 4 aromatic carbocycles. The van der Waals surface area contributed by atoms with Gasteiger partial charge in [-0.2, -0.15) is 0 Å². The quantitative estimate of drug-likeness (QED) is 0.169.